The second-order valence-electron chi connectivity index (χ2n) is 5.61. The lowest BCUT2D eigenvalue weighted by Gasteiger charge is -2.16. The van der Waals surface area contributed by atoms with Crippen molar-refractivity contribution in [3.63, 3.8) is 0 Å². The van der Waals surface area contributed by atoms with Gasteiger partial charge in [0.1, 0.15) is 0 Å². The fraction of sp³-hybridized carbons (Fsp3) is 0.467. The maximum absolute atomic E-state index is 12.5. The number of amides is 2. The van der Waals surface area contributed by atoms with Crippen molar-refractivity contribution in [2.24, 2.45) is 0 Å². The van der Waals surface area contributed by atoms with Crippen LogP contribution in [0.2, 0.25) is 0 Å². The van der Waals surface area contributed by atoms with E-state index in [0.29, 0.717) is 13.1 Å². The Morgan fingerprint density at radius 1 is 1.22 bits per heavy atom. The molecule has 0 saturated carbocycles. The quantitative estimate of drug-likeness (QED) is 0.835. The van der Waals surface area contributed by atoms with Gasteiger partial charge in [-0.15, -0.1) is 0 Å². The van der Waals surface area contributed by atoms with Gasteiger partial charge >= 0.3 is 0 Å². The summed E-state index contributed by atoms with van der Waals surface area (Å²) in [6.07, 6.45) is 1.71. The van der Waals surface area contributed by atoms with Crippen LogP contribution in [-0.2, 0) is 14.8 Å². The minimum atomic E-state index is -3.56. The van der Waals surface area contributed by atoms with Crippen LogP contribution in [-0.4, -0.2) is 63.2 Å². The predicted octanol–water partition coefficient (Wildman–Crippen LogP) is 0.289. The van der Waals surface area contributed by atoms with Gasteiger partial charge in [-0.1, -0.05) is 6.07 Å². The molecule has 8 heteroatoms. The lowest BCUT2D eigenvalue weighted by molar-refractivity contribution is -0.127. The predicted molar refractivity (Wildman–Crippen MR) is 85.5 cm³/mol. The van der Waals surface area contributed by atoms with Crippen molar-refractivity contribution in [1.82, 2.24) is 14.5 Å². The van der Waals surface area contributed by atoms with Crippen LogP contribution in [0.4, 0.5) is 0 Å². The van der Waals surface area contributed by atoms with E-state index in [4.69, 9.17) is 0 Å². The van der Waals surface area contributed by atoms with E-state index >= 15 is 0 Å². The molecule has 1 aromatic carbocycles. The third-order valence-corrected chi connectivity index (χ3v) is 5.59. The molecule has 0 aromatic heterocycles. The number of nitrogens with zero attached hydrogens (tertiary/aromatic N) is 2. The summed E-state index contributed by atoms with van der Waals surface area (Å²) in [5.41, 5.74) is 0.219. The van der Waals surface area contributed by atoms with Crippen LogP contribution in [0.5, 0.6) is 0 Å². The maximum atomic E-state index is 12.5. The van der Waals surface area contributed by atoms with Gasteiger partial charge in [0.15, 0.2) is 0 Å². The highest BCUT2D eigenvalue weighted by atomic mass is 32.2. The average Bonchev–Trinajstić information content (AvgIpc) is 3.07. The molecular weight excluding hydrogens is 318 g/mol. The van der Waals surface area contributed by atoms with Crippen molar-refractivity contribution in [3.05, 3.63) is 29.8 Å². The topological polar surface area (TPSA) is 86.8 Å². The highest BCUT2D eigenvalue weighted by Gasteiger charge is 2.27. The second-order valence-corrected chi connectivity index (χ2v) is 7.55. The largest absolute Gasteiger partial charge is 0.347 e. The van der Waals surface area contributed by atoms with Gasteiger partial charge in [0.05, 0.1) is 11.4 Å². The zero-order valence-electron chi connectivity index (χ0n) is 13.3. The number of hydrogen-bond acceptors (Lipinski definition) is 4. The number of benzene rings is 1. The van der Waals surface area contributed by atoms with E-state index in [-0.39, 0.29) is 22.9 Å². The Hall–Kier alpha value is -1.93. The van der Waals surface area contributed by atoms with E-state index in [0.717, 1.165) is 12.8 Å². The van der Waals surface area contributed by atoms with Gasteiger partial charge in [-0.3, -0.25) is 9.59 Å². The van der Waals surface area contributed by atoms with E-state index in [1.54, 1.807) is 14.1 Å². The molecule has 1 fully saturated rings. The van der Waals surface area contributed by atoms with E-state index in [9.17, 15) is 18.0 Å². The van der Waals surface area contributed by atoms with Crippen molar-refractivity contribution in [1.29, 1.82) is 0 Å². The monoisotopic (exact) mass is 339 g/mol. The molecule has 1 heterocycles. The summed E-state index contributed by atoms with van der Waals surface area (Å²) < 4.78 is 26.4. The van der Waals surface area contributed by atoms with E-state index < -0.39 is 15.9 Å². The van der Waals surface area contributed by atoms with Gasteiger partial charge in [-0.2, -0.15) is 4.31 Å². The second kappa shape index (κ2) is 7.10. The van der Waals surface area contributed by atoms with Gasteiger partial charge in [0.2, 0.25) is 15.9 Å². The molecule has 2 amide bonds. The Bertz CT molecular complexity index is 694. The Kier molecular flexibility index (Phi) is 5.38. The molecule has 0 spiro atoms. The van der Waals surface area contributed by atoms with Crippen LogP contribution in [0.25, 0.3) is 0 Å². The molecule has 1 aromatic rings. The minimum absolute atomic E-state index is 0.103. The van der Waals surface area contributed by atoms with Crippen molar-refractivity contribution in [3.8, 4) is 0 Å². The first-order chi connectivity index (χ1) is 10.8. The molecule has 126 valence electrons. The summed E-state index contributed by atoms with van der Waals surface area (Å²) in [6.45, 7) is 0.890. The fourth-order valence-electron chi connectivity index (χ4n) is 2.29. The van der Waals surface area contributed by atoms with E-state index in [2.05, 4.69) is 5.32 Å². The van der Waals surface area contributed by atoms with E-state index in [1.807, 2.05) is 0 Å². The highest BCUT2D eigenvalue weighted by Crippen LogP contribution is 2.21. The number of carbonyl (C=O) groups excluding carboxylic acids is 2. The first-order valence-electron chi connectivity index (χ1n) is 7.41. The van der Waals surface area contributed by atoms with Gasteiger partial charge in [-0.25, -0.2) is 8.42 Å². The molecule has 23 heavy (non-hydrogen) atoms. The molecule has 0 atom stereocenters. The van der Waals surface area contributed by atoms with Crippen LogP contribution >= 0.6 is 0 Å². The van der Waals surface area contributed by atoms with Gasteiger partial charge < -0.3 is 10.2 Å². The van der Waals surface area contributed by atoms with Gasteiger partial charge in [0, 0.05) is 32.7 Å². The van der Waals surface area contributed by atoms with Gasteiger partial charge in [-0.05, 0) is 31.0 Å². The minimum Gasteiger partial charge on any atom is -0.347 e. The van der Waals surface area contributed by atoms with Crippen molar-refractivity contribution in [2.75, 3.05) is 33.7 Å². The van der Waals surface area contributed by atoms with Crippen LogP contribution in [0, 0.1) is 0 Å². The zero-order chi connectivity index (χ0) is 17.0. The number of likely N-dealkylation sites (N-methyl/N-ethyl adjacent to an activating group) is 1. The molecule has 1 saturated heterocycles. The summed E-state index contributed by atoms with van der Waals surface area (Å²) in [5.74, 6) is -0.710. The molecule has 2 rings (SSSR count). The highest BCUT2D eigenvalue weighted by molar-refractivity contribution is 7.89. The van der Waals surface area contributed by atoms with Crippen LogP contribution in [0.1, 0.15) is 23.2 Å². The maximum Gasteiger partial charge on any atom is 0.251 e. The smallest absolute Gasteiger partial charge is 0.251 e. The molecule has 1 N–H and O–H groups in total. The number of hydrogen-bond donors (Lipinski definition) is 1. The third-order valence-electron chi connectivity index (χ3n) is 3.70. The lowest BCUT2D eigenvalue weighted by Crippen LogP contribution is -2.36. The number of sulfonamides is 1. The Balaban J connectivity index is 2.13. The number of nitrogens with one attached hydrogen (secondary N) is 1. The molecule has 1 aliphatic rings. The molecule has 0 aliphatic carbocycles. The van der Waals surface area contributed by atoms with Crippen molar-refractivity contribution in [2.45, 2.75) is 17.7 Å². The molecule has 0 radical (unpaired) electrons. The summed E-state index contributed by atoms with van der Waals surface area (Å²) >= 11 is 0. The molecule has 1 aliphatic heterocycles. The molecule has 0 bridgehead atoms. The Morgan fingerprint density at radius 2 is 1.87 bits per heavy atom. The summed E-state index contributed by atoms with van der Waals surface area (Å²) in [4.78, 5) is 25.0. The summed E-state index contributed by atoms with van der Waals surface area (Å²) in [5, 5.41) is 2.49. The van der Waals surface area contributed by atoms with E-state index in [1.165, 1.54) is 33.5 Å². The van der Waals surface area contributed by atoms with Crippen LogP contribution in [0.3, 0.4) is 0 Å². The Labute approximate surface area is 136 Å². The fourth-order valence-corrected chi connectivity index (χ4v) is 3.85. The first-order valence-corrected chi connectivity index (χ1v) is 8.85. The van der Waals surface area contributed by atoms with Crippen molar-refractivity contribution < 1.29 is 18.0 Å². The normalized spacial score (nSPS) is 15.4. The summed E-state index contributed by atoms with van der Waals surface area (Å²) in [6, 6.07) is 5.89. The van der Waals surface area contributed by atoms with Crippen LogP contribution in [0.15, 0.2) is 29.2 Å². The number of rotatable bonds is 5. The van der Waals surface area contributed by atoms with Crippen molar-refractivity contribution >= 4 is 21.8 Å². The third kappa shape index (κ3) is 4.08. The first kappa shape index (κ1) is 17.4. The average molecular weight is 339 g/mol. The molecule has 7 nitrogen and oxygen atoms in total. The van der Waals surface area contributed by atoms with Crippen LogP contribution < -0.4 is 5.32 Å². The standard InChI is InChI=1S/C15H21N3O4S/c1-17(2)14(19)11-16-15(20)12-6-5-7-13(10-12)23(21,22)18-8-3-4-9-18/h5-7,10H,3-4,8-9,11H2,1-2H3,(H,16,20). The number of carbonyl (C=O) groups is 2. The zero-order valence-corrected chi connectivity index (χ0v) is 14.1. The Morgan fingerprint density at radius 3 is 2.48 bits per heavy atom. The SMILES string of the molecule is CN(C)C(=O)CNC(=O)c1cccc(S(=O)(=O)N2CCCC2)c1. The lowest BCUT2D eigenvalue weighted by atomic mass is 10.2. The summed E-state index contributed by atoms with van der Waals surface area (Å²) in [7, 11) is -0.371. The molecule has 0 unspecified atom stereocenters. The molecular formula is C15H21N3O4S. The van der Waals surface area contributed by atoms with Gasteiger partial charge in [0.25, 0.3) is 5.91 Å².